The molecule has 0 spiro atoms. The van der Waals surface area contributed by atoms with Crippen LogP contribution in [0.2, 0.25) is 0 Å². The first kappa shape index (κ1) is 15.1. The van der Waals surface area contributed by atoms with Crippen molar-refractivity contribution in [3.05, 3.63) is 65.2 Å². The summed E-state index contributed by atoms with van der Waals surface area (Å²) < 4.78 is 0.983. The van der Waals surface area contributed by atoms with Gasteiger partial charge in [0.05, 0.1) is 0 Å². The zero-order chi connectivity index (χ0) is 15.4. The van der Waals surface area contributed by atoms with Crippen molar-refractivity contribution < 1.29 is 0 Å². The molecule has 0 fully saturated rings. The van der Waals surface area contributed by atoms with Gasteiger partial charge in [0.1, 0.15) is 0 Å². The Kier molecular flexibility index (Phi) is 4.75. The van der Waals surface area contributed by atoms with Gasteiger partial charge in [0.25, 0.3) is 0 Å². The first-order valence-corrected chi connectivity index (χ1v) is 8.85. The second kappa shape index (κ2) is 6.94. The summed E-state index contributed by atoms with van der Waals surface area (Å²) in [5.41, 5.74) is 4.86. The molecular weight excluding hydrogens is 310 g/mol. The van der Waals surface area contributed by atoms with E-state index in [1.54, 1.807) is 23.1 Å². The van der Waals surface area contributed by atoms with Crippen molar-refractivity contribution >= 4 is 33.9 Å². The molecule has 112 valence electrons. The molecule has 2 aromatic carbocycles. The van der Waals surface area contributed by atoms with Crippen LogP contribution in [0.5, 0.6) is 0 Å². The Bertz CT molecular complexity index is 754. The summed E-state index contributed by atoms with van der Waals surface area (Å²) >= 11 is 3.31. The minimum absolute atomic E-state index is 0.836. The van der Waals surface area contributed by atoms with Gasteiger partial charge in [-0.05, 0) is 31.0 Å². The molecule has 1 N–H and O–H groups in total. The summed E-state index contributed by atoms with van der Waals surface area (Å²) in [5, 5.41) is 12.7. The summed E-state index contributed by atoms with van der Waals surface area (Å²) in [4.78, 5) is 0. The van der Waals surface area contributed by atoms with Crippen LogP contribution in [0.3, 0.4) is 0 Å². The van der Waals surface area contributed by atoms with Gasteiger partial charge in [-0.2, -0.15) is 0 Å². The van der Waals surface area contributed by atoms with E-state index in [4.69, 9.17) is 0 Å². The van der Waals surface area contributed by atoms with Gasteiger partial charge in [0.15, 0.2) is 4.34 Å². The lowest BCUT2D eigenvalue weighted by atomic mass is 10.1. The molecular formula is C17H17N3S2. The summed E-state index contributed by atoms with van der Waals surface area (Å²) in [6.07, 6.45) is 0. The van der Waals surface area contributed by atoms with E-state index in [1.807, 2.05) is 6.07 Å². The molecule has 1 aromatic heterocycles. The van der Waals surface area contributed by atoms with E-state index in [2.05, 4.69) is 71.8 Å². The maximum absolute atomic E-state index is 4.24. The first-order chi connectivity index (χ1) is 10.7. The number of nitrogens with one attached hydrogen (secondary N) is 1. The fourth-order valence-electron chi connectivity index (χ4n) is 2.11. The molecule has 0 aliphatic rings. The van der Waals surface area contributed by atoms with E-state index in [0.717, 1.165) is 20.9 Å². The Morgan fingerprint density at radius 1 is 1.05 bits per heavy atom. The van der Waals surface area contributed by atoms with E-state index < -0.39 is 0 Å². The Morgan fingerprint density at radius 3 is 2.64 bits per heavy atom. The number of benzene rings is 2. The van der Waals surface area contributed by atoms with Gasteiger partial charge >= 0.3 is 0 Å². The van der Waals surface area contributed by atoms with E-state index >= 15 is 0 Å². The molecule has 5 heteroatoms. The lowest BCUT2D eigenvalue weighted by molar-refractivity contribution is 1.01. The van der Waals surface area contributed by atoms with Gasteiger partial charge < -0.3 is 5.32 Å². The average Bonchev–Trinajstić information content (AvgIpc) is 2.97. The quantitative estimate of drug-likeness (QED) is 0.654. The largest absolute Gasteiger partial charge is 0.330 e. The standard InChI is InChI=1S/C17H17N3S2/c1-12-8-9-15(13(2)10-12)18-16-19-20-17(22-16)21-11-14-6-4-3-5-7-14/h3-10H,11H2,1-2H3,(H,18,19). The molecule has 0 aliphatic carbocycles. The van der Waals surface area contributed by atoms with Crippen LogP contribution in [-0.4, -0.2) is 10.2 Å². The van der Waals surface area contributed by atoms with Crippen LogP contribution < -0.4 is 5.32 Å². The highest BCUT2D eigenvalue weighted by molar-refractivity contribution is 8.00. The molecule has 0 unspecified atom stereocenters. The van der Waals surface area contributed by atoms with Crippen LogP contribution in [0.4, 0.5) is 10.8 Å². The van der Waals surface area contributed by atoms with Gasteiger partial charge in [-0.1, -0.05) is 71.1 Å². The smallest absolute Gasteiger partial charge is 0.210 e. The minimum atomic E-state index is 0.836. The normalized spacial score (nSPS) is 10.6. The van der Waals surface area contributed by atoms with Gasteiger partial charge in [-0.25, -0.2) is 0 Å². The third-order valence-corrected chi connectivity index (χ3v) is 5.28. The van der Waals surface area contributed by atoms with Crippen LogP contribution in [0.25, 0.3) is 0 Å². The SMILES string of the molecule is Cc1ccc(Nc2nnc(SCc3ccccc3)s2)c(C)c1. The average molecular weight is 327 g/mol. The molecule has 0 saturated carbocycles. The highest BCUT2D eigenvalue weighted by atomic mass is 32.2. The number of anilines is 2. The third kappa shape index (κ3) is 3.87. The van der Waals surface area contributed by atoms with Crippen molar-refractivity contribution in [3.8, 4) is 0 Å². The first-order valence-electron chi connectivity index (χ1n) is 7.05. The number of hydrogen-bond acceptors (Lipinski definition) is 5. The predicted octanol–water partition coefficient (Wildman–Crippen LogP) is 5.19. The number of aryl methyl sites for hydroxylation is 2. The lowest BCUT2D eigenvalue weighted by Crippen LogP contribution is -1.92. The van der Waals surface area contributed by atoms with E-state index in [9.17, 15) is 0 Å². The molecule has 0 aliphatic heterocycles. The topological polar surface area (TPSA) is 37.8 Å². The number of hydrogen-bond donors (Lipinski definition) is 1. The van der Waals surface area contributed by atoms with Crippen molar-refractivity contribution in [3.63, 3.8) is 0 Å². The van der Waals surface area contributed by atoms with Crippen molar-refractivity contribution in [2.45, 2.75) is 23.9 Å². The van der Waals surface area contributed by atoms with Crippen molar-refractivity contribution in [1.82, 2.24) is 10.2 Å². The van der Waals surface area contributed by atoms with Gasteiger partial charge in [0, 0.05) is 11.4 Å². The lowest BCUT2D eigenvalue weighted by Gasteiger charge is -2.06. The summed E-state index contributed by atoms with van der Waals surface area (Å²) in [6.45, 7) is 4.20. The highest BCUT2D eigenvalue weighted by Crippen LogP contribution is 2.30. The number of nitrogens with zero attached hydrogens (tertiary/aromatic N) is 2. The minimum Gasteiger partial charge on any atom is -0.330 e. The van der Waals surface area contributed by atoms with Crippen LogP contribution in [0, 0.1) is 13.8 Å². The Hall–Kier alpha value is -1.85. The second-order valence-electron chi connectivity index (χ2n) is 5.09. The van der Waals surface area contributed by atoms with Crippen LogP contribution in [-0.2, 0) is 5.75 Å². The fraction of sp³-hybridized carbons (Fsp3) is 0.176. The van der Waals surface area contributed by atoms with Crippen LogP contribution in [0.1, 0.15) is 16.7 Å². The van der Waals surface area contributed by atoms with Crippen molar-refractivity contribution in [1.29, 1.82) is 0 Å². The predicted molar refractivity (Wildman–Crippen MR) is 95.1 cm³/mol. The van der Waals surface area contributed by atoms with Crippen molar-refractivity contribution in [2.24, 2.45) is 0 Å². The molecule has 0 atom stereocenters. The van der Waals surface area contributed by atoms with Crippen LogP contribution >= 0.6 is 23.1 Å². The number of aromatic nitrogens is 2. The summed E-state index contributed by atoms with van der Waals surface area (Å²) in [5.74, 6) is 0.916. The Balaban J connectivity index is 1.63. The molecule has 0 bridgehead atoms. The molecule has 3 nitrogen and oxygen atoms in total. The van der Waals surface area contributed by atoms with E-state index in [0.29, 0.717) is 0 Å². The van der Waals surface area contributed by atoms with Crippen LogP contribution in [0.15, 0.2) is 52.9 Å². The summed E-state index contributed by atoms with van der Waals surface area (Å²) in [7, 11) is 0. The molecule has 1 heterocycles. The molecule has 0 radical (unpaired) electrons. The van der Waals surface area contributed by atoms with E-state index in [-0.39, 0.29) is 0 Å². The molecule has 3 aromatic rings. The van der Waals surface area contributed by atoms with E-state index in [1.165, 1.54) is 16.7 Å². The van der Waals surface area contributed by atoms with Crippen molar-refractivity contribution in [2.75, 3.05) is 5.32 Å². The Morgan fingerprint density at radius 2 is 1.86 bits per heavy atom. The molecule has 0 saturated heterocycles. The van der Waals surface area contributed by atoms with Gasteiger partial charge in [-0.15, -0.1) is 10.2 Å². The second-order valence-corrected chi connectivity index (χ2v) is 7.29. The maximum Gasteiger partial charge on any atom is 0.210 e. The molecule has 3 rings (SSSR count). The zero-order valence-corrected chi connectivity index (χ0v) is 14.2. The molecule has 22 heavy (non-hydrogen) atoms. The Labute approximate surface area is 138 Å². The molecule has 0 amide bonds. The zero-order valence-electron chi connectivity index (χ0n) is 12.5. The fourth-order valence-corrected chi connectivity index (χ4v) is 3.83. The number of rotatable bonds is 5. The van der Waals surface area contributed by atoms with Gasteiger partial charge in [-0.3, -0.25) is 0 Å². The number of thioether (sulfide) groups is 1. The monoisotopic (exact) mass is 327 g/mol. The highest BCUT2D eigenvalue weighted by Gasteiger charge is 2.07. The summed E-state index contributed by atoms with van der Waals surface area (Å²) in [6, 6.07) is 16.8. The third-order valence-electron chi connectivity index (χ3n) is 3.24. The van der Waals surface area contributed by atoms with Gasteiger partial charge in [0.2, 0.25) is 5.13 Å². The maximum atomic E-state index is 4.24.